The molecule has 1 saturated heterocycles. The van der Waals surface area contributed by atoms with Crippen LogP contribution in [0.1, 0.15) is 5.56 Å². The molecule has 3 aromatic rings. The molecule has 1 aromatic carbocycles. The minimum Gasteiger partial charge on any atom is -0.443 e. The number of hydrogen-bond donors (Lipinski definition) is 2. The van der Waals surface area contributed by atoms with Crippen LogP contribution in [0.15, 0.2) is 66.2 Å². The van der Waals surface area contributed by atoms with Crippen molar-refractivity contribution in [1.82, 2.24) is 15.0 Å². The number of pyridine rings is 1. The summed E-state index contributed by atoms with van der Waals surface area (Å²) in [4.78, 5) is 32.6. The maximum atomic E-state index is 11.5. The van der Waals surface area contributed by atoms with E-state index in [1.54, 1.807) is 18.6 Å². The Balaban J connectivity index is 1.37. The number of hydrogen-bond acceptors (Lipinski definition) is 7. The first-order valence-corrected chi connectivity index (χ1v) is 10.2. The highest BCUT2D eigenvalue weighted by molar-refractivity contribution is 5.87. The molecule has 2 aromatic heterocycles. The number of aromatic nitrogens is 3. The van der Waals surface area contributed by atoms with E-state index in [0.717, 1.165) is 48.6 Å². The van der Waals surface area contributed by atoms with Crippen molar-refractivity contribution in [1.29, 1.82) is 0 Å². The topological polar surface area (TPSA) is 136 Å². The standard InChI is InChI=1S/C22H24N8O2/c23-20(24)28-22(31)32-15-16-3-1-4-17(11-16)18-12-26-21(27-13-18)30-9-7-29(8-10-30)19-5-2-6-25-14-19/h1-6,11-14H,7-10,15H2,(H4,23,24,28,31). The van der Waals surface area contributed by atoms with Crippen LogP contribution in [-0.2, 0) is 11.3 Å². The maximum absolute atomic E-state index is 11.5. The van der Waals surface area contributed by atoms with Gasteiger partial charge in [0.2, 0.25) is 5.95 Å². The molecule has 1 aliphatic heterocycles. The zero-order valence-corrected chi connectivity index (χ0v) is 17.5. The molecule has 0 aliphatic carbocycles. The van der Waals surface area contributed by atoms with Crippen molar-refractivity contribution >= 4 is 23.7 Å². The molecular formula is C22H24N8O2. The van der Waals surface area contributed by atoms with Crippen LogP contribution in [0.4, 0.5) is 16.4 Å². The zero-order chi connectivity index (χ0) is 22.3. The number of amides is 1. The Morgan fingerprint density at radius 1 is 0.969 bits per heavy atom. The third kappa shape index (κ3) is 5.28. The molecule has 0 spiro atoms. The Kier molecular flexibility index (Phi) is 6.40. The molecule has 10 heteroatoms. The predicted molar refractivity (Wildman–Crippen MR) is 122 cm³/mol. The monoisotopic (exact) mass is 432 g/mol. The number of benzene rings is 1. The number of carbonyl (C=O) groups is 1. The van der Waals surface area contributed by atoms with Crippen LogP contribution >= 0.6 is 0 Å². The van der Waals surface area contributed by atoms with Crippen molar-refractivity contribution in [2.75, 3.05) is 36.0 Å². The highest BCUT2D eigenvalue weighted by atomic mass is 16.5. The van der Waals surface area contributed by atoms with E-state index in [2.05, 4.69) is 35.8 Å². The van der Waals surface area contributed by atoms with Crippen molar-refractivity contribution in [3.05, 3.63) is 66.7 Å². The second-order valence-electron chi connectivity index (χ2n) is 7.25. The summed E-state index contributed by atoms with van der Waals surface area (Å²) in [7, 11) is 0. The molecule has 4 N–H and O–H groups in total. The first kappa shape index (κ1) is 21.0. The van der Waals surface area contributed by atoms with Crippen LogP contribution in [0.3, 0.4) is 0 Å². The fourth-order valence-electron chi connectivity index (χ4n) is 3.46. The summed E-state index contributed by atoms with van der Waals surface area (Å²) in [6.45, 7) is 3.51. The van der Waals surface area contributed by atoms with Crippen molar-refractivity contribution < 1.29 is 9.53 Å². The van der Waals surface area contributed by atoms with Gasteiger partial charge >= 0.3 is 6.09 Å². The first-order valence-electron chi connectivity index (χ1n) is 10.2. The third-order valence-corrected chi connectivity index (χ3v) is 5.05. The minimum atomic E-state index is -0.827. The zero-order valence-electron chi connectivity index (χ0n) is 17.5. The van der Waals surface area contributed by atoms with Gasteiger partial charge in [-0.1, -0.05) is 18.2 Å². The fraction of sp³-hybridized carbons (Fsp3) is 0.227. The summed E-state index contributed by atoms with van der Waals surface area (Å²) >= 11 is 0. The number of nitrogens with zero attached hydrogens (tertiary/aromatic N) is 6. The molecule has 1 aliphatic rings. The van der Waals surface area contributed by atoms with Crippen molar-refractivity contribution in [2.45, 2.75) is 6.61 Å². The largest absolute Gasteiger partial charge is 0.443 e. The molecule has 32 heavy (non-hydrogen) atoms. The van der Waals surface area contributed by atoms with Gasteiger partial charge in [0, 0.05) is 50.3 Å². The summed E-state index contributed by atoms with van der Waals surface area (Å²) in [5.41, 5.74) is 14.1. The first-order chi connectivity index (χ1) is 15.6. The number of carbonyl (C=O) groups excluding carboxylic acids is 1. The van der Waals surface area contributed by atoms with E-state index in [0.29, 0.717) is 5.95 Å². The normalized spacial score (nSPS) is 13.5. The lowest BCUT2D eigenvalue weighted by Crippen LogP contribution is -2.47. The highest BCUT2D eigenvalue weighted by Gasteiger charge is 2.19. The quantitative estimate of drug-likeness (QED) is 0.456. The van der Waals surface area contributed by atoms with E-state index in [-0.39, 0.29) is 12.6 Å². The predicted octanol–water partition coefficient (Wildman–Crippen LogP) is 1.78. The Labute approximate surface area is 185 Å². The lowest BCUT2D eigenvalue weighted by Gasteiger charge is -2.35. The van der Waals surface area contributed by atoms with E-state index in [1.807, 2.05) is 36.5 Å². The molecule has 0 bridgehead atoms. The van der Waals surface area contributed by atoms with Crippen molar-refractivity contribution in [2.24, 2.45) is 16.5 Å². The van der Waals surface area contributed by atoms with Gasteiger partial charge in [-0.2, -0.15) is 0 Å². The van der Waals surface area contributed by atoms with Gasteiger partial charge in [-0.15, -0.1) is 4.99 Å². The molecule has 0 unspecified atom stereocenters. The number of ether oxygens (including phenoxy) is 1. The number of guanidine groups is 1. The van der Waals surface area contributed by atoms with Gasteiger partial charge < -0.3 is 26.0 Å². The fourth-order valence-corrected chi connectivity index (χ4v) is 3.46. The van der Waals surface area contributed by atoms with Crippen LogP contribution in [-0.4, -0.2) is 53.2 Å². The van der Waals surface area contributed by atoms with Crippen LogP contribution in [0, 0.1) is 0 Å². The van der Waals surface area contributed by atoms with Crippen molar-refractivity contribution in [3.63, 3.8) is 0 Å². The average Bonchev–Trinajstić information content (AvgIpc) is 2.83. The van der Waals surface area contributed by atoms with E-state index < -0.39 is 6.09 Å². The van der Waals surface area contributed by atoms with Crippen LogP contribution in [0.25, 0.3) is 11.1 Å². The Morgan fingerprint density at radius 2 is 1.72 bits per heavy atom. The average molecular weight is 432 g/mol. The van der Waals surface area contributed by atoms with E-state index >= 15 is 0 Å². The third-order valence-electron chi connectivity index (χ3n) is 5.05. The van der Waals surface area contributed by atoms with Gasteiger partial charge in [0.05, 0.1) is 11.9 Å². The van der Waals surface area contributed by atoms with E-state index in [4.69, 9.17) is 16.2 Å². The molecular weight excluding hydrogens is 408 g/mol. The van der Waals surface area contributed by atoms with E-state index in [9.17, 15) is 4.79 Å². The summed E-state index contributed by atoms with van der Waals surface area (Å²) < 4.78 is 5.04. The Morgan fingerprint density at radius 3 is 2.41 bits per heavy atom. The molecule has 4 rings (SSSR count). The van der Waals surface area contributed by atoms with Gasteiger partial charge in [0.15, 0.2) is 5.96 Å². The van der Waals surface area contributed by atoms with Crippen molar-refractivity contribution in [3.8, 4) is 11.1 Å². The number of nitrogens with two attached hydrogens (primary N) is 2. The van der Waals surface area contributed by atoms with Crippen LogP contribution in [0.5, 0.6) is 0 Å². The van der Waals surface area contributed by atoms with E-state index in [1.165, 1.54) is 0 Å². The second-order valence-corrected chi connectivity index (χ2v) is 7.25. The van der Waals surface area contributed by atoms with Crippen LogP contribution < -0.4 is 21.3 Å². The molecule has 0 saturated carbocycles. The number of rotatable bonds is 5. The molecule has 1 fully saturated rings. The maximum Gasteiger partial charge on any atom is 0.437 e. The number of aliphatic imine (C=N–C) groups is 1. The van der Waals surface area contributed by atoms with Gasteiger partial charge in [0.1, 0.15) is 6.61 Å². The summed E-state index contributed by atoms with van der Waals surface area (Å²) in [5, 5.41) is 0. The lowest BCUT2D eigenvalue weighted by molar-refractivity contribution is 0.151. The Bertz CT molecular complexity index is 1080. The molecule has 10 nitrogen and oxygen atoms in total. The van der Waals surface area contributed by atoms with Gasteiger partial charge in [-0.05, 0) is 29.3 Å². The lowest BCUT2D eigenvalue weighted by atomic mass is 10.1. The highest BCUT2D eigenvalue weighted by Crippen LogP contribution is 2.22. The summed E-state index contributed by atoms with van der Waals surface area (Å²) in [5.74, 6) is 0.376. The van der Waals surface area contributed by atoms with Crippen LogP contribution in [0.2, 0.25) is 0 Å². The minimum absolute atomic E-state index is 0.0591. The molecule has 1 amide bonds. The smallest absolute Gasteiger partial charge is 0.437 e. The van der Waals surface area contributed by atoms with Gasteiger partial charge in [-0.3, -0.25) is 4.98 Å². The second kappa shape index (κ2) is 9.73. The molecule has 0 atom stereocenters. The summed E-state index contributed by atoms with van der Waals surface area (Å²) in [6.07, 6.45) is 6.45. The number of anilines is 2. The summed E-state index contributed by atoms with van der Waals surface area (Å²) in [6, 6.07) is 11.6. The molecule has 3 heterocycles. The van der Waals surface area contributed by atoms with Gasteiger partial charge in [-0.25, -0.2) is 14.8 Å². The SMILES string of the molecule is NC(N)=NC(=O)OCc1cccc(-c2cnc(N3CCN(c4cccnc4)CC3)nc2)c1. The molecule has 0 radical (unpaired) electrons. The molecule has 164 valence electrons. The van der Waals surface area contributed by atoms with Gasteiger partial charge in [0.25, 0.3) is 0 Å². The number of piperazine rings is 1. The Hall–Kier alpha value is -4.21.